The van der Waals surface area contributed by atoms with Crippen molar-refractivity contribution in [1.29, 1.82) is 0 Å². The van der Waals surface area contributed by atoms with Crippen LogP contribution in [-0.4, -0.2) is 53.6 Å². The summed E-state index contributed by atoms with van der Waals surface area (Å²) in [5.41, 5.74) is 12.6. The molecule has 0 radical (unpaired) electrons. The third-order valence-electron chi connectivity index (χ3n) is 1.74. The van der Waals surface area contributed by atoms with Gasteiger partial charge in [0.15, 0.2) is 5.17 Å². The number of hydrazone groups is 2. The summed E-state index contributed by atoms with van der Waals surface area (Å²) in [5, 5.41) is 6.73. The van der Waals surface area contributed by atoms with Crippen LogP contribution in [0.25, 0.3) is 0 Å². The van der Waals surface area contributed by atoms with Gasteiger partial charge in [-0.05, 0) is 17.8 Å². The summed E-state index contributed by atoms with van der Waals surface area (Å²) in [6.45, 7) is 5.46. The van der Waals surface area contributed by atoms with Crippen LogP contribution in [0, 0.1) is 0 Å². The first-order chi connectivity index (χ1) is 11.5. The molecule has 0 spiro atoms. The fourth-order valence-corrected chi connectivity index (χ4v) is 1.80. The summed E-state index contributed by atoms with van der Waals surface area (Å²) in [6, 6.07) is 0. The minimum absolute atomic E-state index is 0. The smallest absolute Gasteiger partial charge is 0.234 e. The minimum atomic E-state index is 0. The second kappa shape index (κ2) is 36.2. The maximum Gasteiger partial charge on any atom is 0.234 e. The number of rotatable bonds is 9. The third kappa shape index (κ3) is 44.1. The number of hydrogen-bond acceptors (Lipinski definition) is 10. The molecule has 0 aliphatic heterocycles. The van der Waals surface area contributed by atoms with E-state index in [1.54, 1.807) is 11.8 Å². The molecule has 15 heteroatoms. The van der Waals surface area contributed by atoms with Gasteiger partial charge in [0.25, 0.3) is 0 Å². The van der Waals surface area contributed by atoms with Gasteiger partial charge < -0.3 is 28.0 Å². The quantitative estimate of drug-likeness (QED) is 0.0573. The Bertz CT molecular complexity index is 307. The summed E-state index contributed by atoms with van der Waals surface area (Å²) < 4.78 is 0. The molecule has 0 saturated carbocycles. The first-order valence-corrected chi connectivity index (χ1v) is 10.5. The van der Waals surface area contributed by atoms with Crippen molar-refractivity contribution in [3.63, 3.8) is 0 Å². The van der Waals surface area contributed by atoms with Gasteiger partial charge in [-0.1, -0.05) is 25.6 Å². The minimum Gasteiger partial charge on any atom is -0.377 e. The Labute approximate surface area is 192 Å². The van der Waals surface area contributed by atoms with Crippen molar-refractivity contribution in [2.45, 2.75) is 13.8 Å². The van der Waals surface area contributed by atoms with E-state index in [-0.39, 0.29) is 42.3 Å². The van der Waals surface area contributed by atoms with Gasteiger partial charge in [0.05, 0.1) is 13.2 Å². The highest BCUT2D eigenvalue weighted by Crippen LogP contribution is 1.96. The van der Waals surface area contributed by atoms with Crippen molar-refractivity contribution in [1.82, 2.24) is 5.48 Å². The van der Waals surface area contributed by atoms with Crippen LogP contribution in [0.3, 0.4) is 0 Å². The van der Waals surface area contributed by atoms with Gasteiger partial charge >= 0.3 is 0 Å². The Morgan fingerprint density at radius 3 is 1.81 bits per heavy atom. The number of amidine groups is 1. The zero-order valence-electron chi connectivity index (χ0n) is 15.4. The molecule has 0 fully saturated rings. The Morgan fingerprint density at radius 1 is 1.00 bits per heavy atom. The van der Waals surface area contributed by atoms with Crippen LogP contribution in [0.1, 0.15) is 13.8 Å². The lowest BCUT2D eigenvalue weighted by atomic mass is 10.9. The first-order valence-electron chi connectivity index (χ1n) is 6.99. The van der Waals surface area contributed by atoms with Crippen molar-refractivity contribution in [3.05, 3.63) is 0 Å². The maximum absolute atomic E-state index is 5.17. The topological polar surface area (TPSA) is 185 Å². The largest absolute Gasteiger partial charge is 0.377 e. The van der Waals surface area contributed by atoms with E-state index in [1.165, 1.54) is 11.8 Å². The number of hydrogen-bond donors (Lipinski definition) is 6. The van der Waals surface area contributed by atoms with E-state index >= 15 is 0 Å². The lowest BCUT2D eigenvalue weighted by Crippen LogP contribution is -2.33. The molecule has 0 heterocycles. The molecule has 0 amide bonds. The lowest BCUT2D eigenvalue weighted by molar-refractivity contribution is 0.0980. The molecular formula is C11H34ClIN8O2S3. The molecule has 0 rings (SSSR count). The standard InChI is InChI=1S/C5H14N4OS.C4H11NOS.C2H7N3S.ClH.HI/c1-2-11-4-3-10-9-5(6)8-7;1-2-7-4-3-6-5;1-6-2(3)5-4;;/h2-4,7H2,1H3,(H3,6,8,9);2-5H2,1H3;4H2,1H3,(H2,3,5);2*1H. The number of hydroxylamine groups is 1. The molecule has 0 aromatic rings. The van der Waals surface area contributed by atoms with Gasteiger partial charge in [0.1, 0.15) is 0 Å². The molecule has 0 saturated heterocycles. The second-order valence-electron chi connectivity index (χ2n) is 3.40. The van der Waals surface area contributed by atoms with Crippen molar-refractivity contribution < 1.29 is 9.68 Å². The van der Waals surface area contributed by atoms with Crippen LogP contribution in [0.2, 0.25) is 0 Å². The van der Waals surface area contributed by atoms with Crippen LogP contribution in [0.5, 0.6) is 0 Å². The molecule has 11 N–H and O–H groups in total. The Balaban J connectivity index is -0.0000000863. The second-order valence-corrected chi connectivity index (χ2v) is 7.02. The number of nitrogens with zero attached hydrogens (tertiary/aromatic N) is 2. The molecule has 0 aromatic heterocycles. The monoisotopic (exact) mass is 568 g/mol. The molecule has 0 aromatic carbocycles. The van der Waals surface area contributed by atoms with E-state index in [0.29, 0.717) is 18.4 Å². The SMILES string of the molecule is CCSCCON.CCSCCONC(N)=NN.CSC(N)=NN.Cl.I. The zero-order valence-corrected chi connectivity index (χ0v) is 21.0. The van der Waals surface area contributed by atoms with Gasteiger partial charge in [-0.2, -0.15) is 28.6 Å². The van der Waals surface area contributed by atoms with Crippen molar-refractivity contribution in [2.75, 3.05) is 42.5 Å². The summed E-state index contributed by atoms with van der Waals surface area (Å²) in [7, 11) is 0. The highest BCUT2D eigenvalue weighted by atomic mass is 127. The van der Waals surface area contributed by atoms with Gasteiger partial charge in [-0.3, -0.25) is 4.84 Å². The first kappa shape index (κ1) is 37.1. The molecule has 10 nitrogen and oxygen atoms in total. The van der Waals surface area contributed by atoms with Crippen LogP contribution in [0.15, 0.2) is 10.2 Å². The summed E-state index contributed by atoms with van der Waals surface area (Å²) >= 11 is 4.95. The molecular weight excluding hydrogens is 535 g/mol. The van der Waals surface area contributed by atoms with Crippen molar-refractivity contribution in [2.24, 2.45) is 39.3 Å². The predicted octanol–water partition coefficient (Wildman–Crippen LogP) is 0.657. The molecule has 162 valence electrons. The number of nitrogens with one attached hydrogen (secondary N) is 1. The number of halogens is 2. The Hall–Kier alpha value is 0.290. The van der Waals surface area contributed by atoms with Crippen LogP contribution in [-0.2, 0) is 9.68 Å². The maximum atomic E-state index is 5.17. The van der Waals surface area contributed by atoms with Crippen LogP contribution in [0.4, 0.5) is 0 Å². The van der Waals surface area contributed by atoms with Crippen LogP contribution < -0.4 is 34.5 Å². The van der Waals surface area contributed by atoms with Gasteiger partial charge in [-0.25, -0.2) is 11.4 Å². The molecule has 0 atom stereocenters. The highest BCUT2D eigenvalue weighted by molar-refractivity contribution is 14.0. The molecule has 0 aliphatic rings. The van der Waals surface area contributed by atoms with Crippen LogP contribution >= 0.6 is 71.7 Å². The fraction of sp³-hybridized carbons (Fsp3) is 0.818. The molecule has 26 heavy (non-hydrogen) atoms. The number of thioether (sulfide) groups is 3. The van der Waals surface area contributed by atoms with E-state index in [0.717, 1.165) is 23.0 Å². The fourth-order valence-electron chi connectivity index (χ4n) is 0.700. The average molecular weight is 569 g/mol. The average Bonchev–Trinajstić information content (AvgIpc) is 2.62. The summed E-state index contributed by atoms with van der Waals surface area (Å²) in [4.78, 5) is 9.20. The Morgan fingerprint density at radius 2 is 1.50 bits per heavy atom. The van der Waals surface area contributed by atoms with Crippen molar-refractivity contribution in [3.8, 4) is 0 Å². The third-order valence-corrected chi connectivity index (χ3v) is 3.99. The molecule has 0 bridgehead atoms. The zero-order chi connectivity index (χ0) is 19.1. The number of guanidine groups is 1. The van der Waals surface area contributed by atoms with Gasteiger partial charge in [0, 0.05) is 11.5 Å². The van der Waals surface area contributed by atoms with E-state index in [4.69, 9.17) is 33.9 Å². The lowest BCUT2D eigenvalue weighted by Gasteiger charge is -2.03. The van der Waals surface area contributed by atoms with Gasteiger partial charge in [-0.15, -0.1) is 41.5 Å². The predicted molar refractivity (Wildman–Crippen MR) is 133 cm³/mol. The van der Waals surface area contributed by atoms with Gasteiger partial charge in [0.2, 0.25) is 5.96 Å². The molecule has 0 unspecified atom stereocenters. The molecule has 0 aliphatic carbocycles. The van der Waals surface area contributed by atoms with E-state index in [9.17, 15) is 0 Å². The number of nitrogens with two attached hydrogens (primary N) is 5. The van der Waals surface area contributed by atoms with Crippen molar-refractivity contribution >= 4 is 82.8 Å². The normalized spacial score (nSPS) is 10.2. The Kier molecular flexibility index (Phi) is 51.7. The summed E-state index contributed by atoms with van der Waals surface area (Å²) in [6.07, 6.45) is 1.81. The highest BCUT2D eigenvalue weighted by Gasteiger charge is 1.89. The van der Waals surface area contributed by atoms with E-state index < -0.39 is 0 Å². The summed E-state index contributed by atoms with van der Waals surface area (Å²) in [5.74, 6) is 18.6. The van der Waals surface area contributed by atoms with E-state index in [1.807, 2.05) is 18.0 Å². The van der Waals surface area contributed by atoms with E-state index in [2.05, 4.69) is 34.4 Å².